The lowest BCUT2D eigenvalue weighted by atomic mass is 10.3. The van der Waals surface area contributed by atoms with Gasteiger partial charge in [0.15, 0.2) is 5.69 Å². The standard InChI is InChI=1S/C7H11N3O3/c1-8-13-10(12)9(11)7-5-3-2-4-6-7/h2-6,8-10H,1H3. The Kier molecular flexibility index (Phi) is 3.77. The van der Waals surface area contributed by atoms with Gasteiger partial charge in [0.1, 0.15) is 0 Å². The first-order valence-electron chi connectivity index (χ1n) is 3.73. The van der Waals surface area contributed by atoms with Gasteiger partial charge >= 0.3 is 0 Å². The zero-order chi connectivity index (χ0) is 9.68. The van der Waals surface area contributed by atoms with Gasteiger partial charge in [0.05, 0.1) is 0 Å². The van der Waals surface area contributed by atoms with Crippen molar-refractivity contribution in [2.75, 3.05) is 7.05 Å². The molecule has 0 aliphatic heterocycles. The van der Waals surface area contributed by atoms with Crippen molar-refractivity contribution >= 4 is 5.69 Å². The van der Waals surface area contributed by atoms with Gasteiger partial charge in [-0.3, -0.25) is 0 Å². The average molecular weight is 185 g/mol. The Morgan fingerprint density at radius 1 is 1.23 bits per heavy atom. The van der Waals surface area contributed by atoms with E-state index < -0.39 is 10.5 Å². The van der Waals surface area contributed by atoms with Crippen molar-refractivity contribution in [3.8, 4) is 0 Å². The zero-order valence-electron chi connectivity index (χ0n) is 7.11. The summed E-state index contributed by atoms with van der Waals surface area (Å²) in [5.41, 5.74) is 2.47. The van der Waals surface area contributed by atoms with Crippen LogP contribution in [-0.4, -0.2) is 7.05 Å². The number of quaternary nitrogens is 2. The van der Waals surface area contributed by atoms with E-state index >= 15 is 0 Å². The molecular weight excluding hydrogens is 174 g/mol. The predicted octanol–water partition coefficient (Wildman–Crippen LogP) is -1.94. The molecule has 13 heavy (non-hydrogen) atoms. The van der Waals surface area contributed by atoms with Crippen molar-refractivity contribution in [1.82, 2.24) is 5.48 Å². The van der Waals surface area contributed by atoms with E-state index in [4.69, 9.17) is 0 Å². The van der Waals surface area contributed by atoms with Crippen LogP contribution in [0.3, 0.4) is 0 Å². The van der Waals surface area contributed by atoms with E-state index in [0.29, 0.717) is 5.69 Å². The lowest BCUT2D eigenvalue weighted by Gasteiger charge is -2.28. The lowest BCUT2D eigenvalue weighted by molar-refractivity contribution is -1.52. The number of para-hydroxylation sites is 1. The molecule has 0 heterocycles. The van der Waals surface area contributed by atoms with Crippen LogP contribution >= 0.6 is 0 Å². The summed E-state index contributed by atoms with van der Waals surface area (Å²) in [4.78, 5) is 4.32. The lowest BCUT2D eigenvalue weighted by Crippen LogP contribution is -3.53. The van der Waals surface area contributed by atoms with E-state index in [2.05, 4.69) is 10.4 Å². The second kappa shape index (κ2) is 4.87. The molecular formula is C7H11N3O3. The van der Waals surface area contributed by atoms with Crippen molar-refractivity contribution in [2.45, 2.75) is 0 Å². The molecule has 0 spiro atoms. The second-order valence-electron chi connectivity index (χ2n) is 2.29. The van der Waals surface area contributed by atoms with Gasteiger partial charge in [-0.1, -0.05) is 28.5 Å². The molecule has 1 rings (SSSR count). The second-order valence-corrected chi connectivity index (χ2v) is 2.29. The van der Waals surface area contributed by atoms with Crippen LogP contribution < -0.4 is 16.0 Å². The number of nitrogens with one attached hydrogen (secondary N) is 3. The van der Waals surface area contributed by atoms with E-state index in [-0.39, 0.29) is 0 Å². The third kappa shape index (κ3) is 2.74. The molecule has 0 aliphatic rings. The predicted molar refractivity (Wildman–Crippen MR) is 44.9 cm³/mol. The fraction of sp³-hybridized carbons (Fsp3) is 0.143. The SMILES string of the molecule is CNO[NH+]([O-])[NH+]([O-])c1ccccc1. The molecule has 72 valence electrons. The molecule has 0 radical (unpaired) electrons. The van der Waals surface area contributed by atoms with Gasteiger partial charge in [-0.2, -0.15) is 0 Å². The molecule has 0 fully saturated rings. The summed E-state index contributed by atoms with van der Waals surface area (Å²) in [5, 5.41) is 20.6. The van der Waals surface area contributed by atoms with Gasteiger partial charge in [-0.15, -0.1) is 10.7 Å². The summed E-state index contributed by atoms with van der Waals surface area (Å²) in [6, 6.07) is 8.23. The van der Waals surface area contributed by atoms with E-state index in [1.165, 1.54) is 7.05 Å². The van der Waals surface area contributed by atoms with Crippen LogP contribution in [0.4, 0.5) is 5.69 Å². The highest BCUT2D eigenvalue weighted by molar-refractivity contribution is 5.27. The van der Waals surface area contributed by atoms with Gasteiger partial charge in [0.2, 0.25) is 0 Å². The van der Waals surface area contributed by atoms with Gasteiger partial charge in [0.25, 0.3) is 0 Å². The smallest absolute Gasteiger partial charge is 0.182 e. The quantitative estimate of drug-likeness (QED) is 0.477. The summed E-state index contributed by atoms with van der Waals surface area (Å²) < 4.78 is 0. The van der Waals surface area contributed by atoms with Crippen LogP contribution in [0, 0.1) is 10.4 Å². The molecule has 0 saturated carbocycles. The Hall–Kier alpha value is -1.02. The molecule has 0 aromatic heterocycles. The summed E-state index contributed by atoms with van der Waals surface area (Å²) in [5.74, 6) is 0. The number of hydroxylamine groups is 1. The van der Waals surface area contributed by atoms with Crippen molar-refractivity contribution in [3.63, 3.8) is 0 Å². The fourth-order valence-electron chi connectivity index (χ4n) is 0.846. The largest absolute Gasteiger partial charge is 0.576 e. The van der Waals surface area contributed by atoms with Crippen LogP contribution in [0.1, 0.15) is 0 Å². The van der Waals surface area contributed by atoms with Crippen LogP contribution in [0.25, 0.3) is 0 Å². The number of hydrogen-bond donors (Lipinski definition) is 3. The van der Waals surface area contributed by atoms with Gasteiger partial charge in [0, 0.05) is 19.2 Å². The van der Waals surface area contributed by atoms with E-state index in [1.807, 2.05) is 0 Å². The zero-order valence-corrected chi connectivity index (χ0v) is 7.11. The third-order valence-electron chi connectivity index (χ3n) is 1.42. The van der Waals surface area contributed by atoms with Crippen LogP contribution in [-0.2, 0) is 4.94 Å². The van der Waals surface area contributed by atoms with E-state index in [1.54, 1.807) is 30.3 Å². The molecule has 0 saturated heterocycles. The average Bonchev–Trinajstić information content (AvgIpc) is 2.18. The van der Waals surface area contributed by atoms with Crippen LogP contribution in [0.15, 0.2) is 30.3 Å². The maximum absolute atomic E-state index is 11.2. The molecule has 0 bridgehead atoms. The third-order valence-corrected chi connectivity index (χ3v) is 1.42. The Balaban J connectivity index is 2.62. The van der Waals surface area contributed by atoms with E-state index in [0.717, 1.165) is 0 Å². The molecule has 0 amide bonds. The van der Waals surface area contributed by atoms with Crippen LogP contribution in [0.5, 0.6) is 0 Å². The first kappa shape index (κ1) is 10.1. The number of rotatable bonds is 4. The molecule has 2 unspecified atom stereocenters. The summed E-state index contributed by atoms with van der Waals surface area (Å²) in [6.07, 6.45) is 0. The number of hydrogen-bond acceptors (Lipinski definition) is 4. The molecule has 0 aliphatic carbocycles. The molecule has 2 atom stereocenters. The Morgan fingerprint density at radius 2 is 1.85 bits per heavy atom. The minimum absolute atomic E-state index is 0.322. The molecule has 3 N–H and O–H groups in total. The molecule has 6 heteroatoms. The van der Waals surface area contributed by atoms with Crippen molar-refractivity contribution in [1.29, 1.82) is 0 Å². The summed E-state index contributed by atoms with van der Waals surface area (Å²) in [7, 11) is 1.41. The minimum Gasteiger partial charge on any atom is -0.576 e. The summed E-state index contributed by atoms with van der Waals surface area (Å²) in [6.45, 7) is 0. The molecule has 6 nitrogen and oxygen atoms in total. The topological polar surface area (TPSA) is 76.3 Å². The minimum atomic E-state index is -0.909. The normalized spacial score (nSPS) is 15.3. The van der Waals surface area contributed by atoms with Gasteiger partial charge in [-0.05, 0) is 0 Å². The Morgan fingerprint density at radius 3 is 2.38 bits per heavy atom. The Labute approximate surface area is 75.4 Å². The monoisotopic (exact) mass is 185 g/mol. The highest BCUT2D eigenvalue weighted by Gasteiger charge is 2.08. The fourth-order valence-corrected chi connectivity index (χ4v) is 0.846. The first-order valence-corrected chi connectivity index (χ1v) is 3.73. The first-order chi connectivity index (χ1) is 6.25. The summed E-state index contributed by atoms with van der Waals surface area (Å²) >= 11 is 0. The van der Waals surface area contributed by atoms with Crippen molar-refractivity contribution < 1.29 is 15.4 Å². The van der Waals surface area contributed by atoms with Gasteiger partial charge < -0.3 is 10.4 Å². The number of benzene rings is 1. The van der Waals surface area contributed by atoms with Crippen molar-refractivity contribution in [2.24, 2.45) is 0 Å². The highest BCUT2D eigenvalue weighted by Crippen LogP contribution is 1.95. The highest BCUT2D eigenvalue weighted by atomic mass is 17.0. The maximum atomic E-state index is 11.2. The van der Waals surface area contributed by atoms with E-state index in [9.17, 15) is 10.4 Å². The molecule has 1 aromatic carbocycles. The van der Waals surface area contributed by atoms with Crippen LogP contribution in [0.2, 0.25) is 0 Å². The van der Waals surface area contributed by atoms with Gasteiger partial charge in [-0.25, -0.2) is 0 Å². The Bertz CT molecular complexity index is 244. The van der Waals surface area contributed by atoms with Crippen molar-refractivity contribution in [3.05, 3.63) is 40.7 Å². The maximum Gasteiger partial charge on any atom is 0.182 e. The molecule has 1 aromatic rings.